The first-order valence-corrected chi connectivity index (χ1v) is 12.6. The van der Waals surface area contributed by atoms with Crippen molar-refractivity contribution in [1.82, 2.24) is 0 Å². The van der Waals surface area contributed by atoms with Gasteiger partial charge in [0.15, 0.2) is 9.84 Å². The van der Waals surface area contributed by atoms with Gasteiger partial charge in [-0.1, -0.05) is 26.0 Å². The summed E-state index contributed by atoms with van der Waals surface area (Å²) >= 11 is 0. The summed E-state index contributed by atoms with van der Waals surface area (Å²) in [4.78, 5) is 2.36. The highest BCUT2D eigenvalue weighted by Gasteiger charge is 2.22. The molecule has 1 fully saturated rings. The number of para-hydroxylation sites is 2. The lowest BCUT2D eigenvalue weighted by molar-refractivity contribution is 0.438. The van der Waals surface area contributed by atoms with E-state index in [0.717, 1.165) is 31.6 Å². The molecule has 0 aliphatic carbocycles. The van der Waals surface area contributed by atoms with Crippen molar-refractivity contribution in [3.63, 3.8) is 0 Å². The van der Waals surface area contributed by atoms with Crippen molar-refractivity contribution in [2.45, 2.75) is 36.5 Å². The lowest BCUT2D eigenvalue weighted by Gasteiger charge is -2.33. The molecule has 0 saturated carbocycles. The van der Waals surface area contributed by atoms with Crippen molar-refractivity contribution in [2.75, 3.05) is 28.5 Å². The van der Waals surface area contributed by atoms with E-state index >= 15 is 0 Å². The Balaban J connectivity index is 1.85. The fourth-order valence-electron chi connectivity index (χ4n) is 3.28. The van der Waals surface area contributed by atoms with Gasteiger partial charge in [0.2, 0.25) is 0 Å². The average Bonchev–Trinajstić information content (AvgIpc) is 2.69. The van der Waals surface area contributed by atoms with Crippen molar-refractivity contribution >= 4 is 31.2 Å². The molecular formula is C20H26N2O4S2. The van der Waals surface area contributed by atoms with Crippen LogP contribution in [0.15, 0.2) is 58.3 Å². The molecule has 0 atom stereocenters. The number of sulfone groups is 1. The summed E-state index contributed by atoms with van der Waals surface area (Å²) in [7, 11) is -7.19. The second-order valence-corrected chi connectivity index (χ2v) is 11.1. The second kappa shape index (κ2) is 8.13. The molecule has 6 nitrogen and oxygen atoms in total. The van der Waals surface area contributed by atoms with E-state index in [1.54, 1.807) is 19.1 Å². The number of sulfonamides is 1. The smallest absolute Gasteiger partial charge is 0.261 e. The zero-order chi connectivity index (χ0) is 20.4. The van der Waals surface area contributed by atoms with Crippen LogP contribution in [0.1, 0.15) is 26.7 Å². The Bertz CT molecular complexity index is 1020. The lowest BCUT2D eigenvalue weighted by Crippen LogP contribution is -2.33. The third-order valence-corrected chi connectivity index (χ3v) is 8.28. The molecular weight excluding hydrogens is 396 g/mol. The number of piperidine rings is 1. The first-order valence-electron chi connectivity index (χ1n) is 9.42. The van der Waals surface area contributed by atoms with Crippen LogP contribution in [0.25, 0.3) is 0 Å². The van der Waals surface area contributed by atoms with Crippen molar-refractivity contribution in [3.05, 3.63) is 48.5 Å². The van der Waals surface area contributed by atoms with Gasteiger partial charge in [-0.3, -0.25) is 4.72 Å². The standard InChI is InChI=1S/C20H26N2O4S2/c1-3-27(23,24)17-8-10-18(11-9-17)28(25,26)21-19-6-4-5-7-20(19)22-14-12-16(2)13-15-22/h4-11,16,21H,3,12-15H2,1-2H3. The van der Waals surface area contributed by atoms with E-state index in [0.29, 0.717) is 11.6 Å². The molecule has 3 rings (SSSR count). The number of hydrogen-bond donors (Lipinski definition) is 1. The number of hydrogen-bond acceptors (Lipinski definition) is 5. The van der Waals surface area contributed by atoms with E-state index in [1.165, 1.54) is 24.3 Å². The number of nitrogens with one attached hydrogen (secondary N) is 1. The summed E-state index contributed by atoms with van der Waals surface area (Å²) in [6.07, 6.45) is 2.16. The normalized spacial score (nSPS) is 16.1. The highest BCUT2D eigenvalue weighted by molar-refractivity contribution is 7.92. The molecule has 1 N–H and O–H groups in total. The largest absolute Gasteiger partial charge is 0.370 e. The van der Waals surface area contributed by atoms with Gasteiger partial charge in [-0.15, -0.1) is 0 Å². The fourth-order valence-corrected chi connectivity index (χ4v) is 5.24. The Morgan fingerprint density at radius 2 is 1.50 bits per heavy atom. The summed E-state index contributed by atoms with van der Waals surface area (Å²) in [5.74, 6) is 0.650. The van der Waals surface area contributed by atoms with Crippen molar-refractivity contribution in [3.8, 4) is 0 Å². The highest BCUT2D eigenvalue weighted by atomic mass is 32.2. The fraction of sp³-hybridized carbons (Fsp3) is 0.400. The Labute approximate surface area is 167 Å². The van der Waals surface area contributed by atoms with Gasteiger partial charge in [0.05, 0.1) is 26.9 Å². The van der Waals surface area contributed by atoms with Crippen molar-refractivity contribution < 1.29 is 16.8 Å². The first kappa shape index (κ1) is 20.7. The third kappa shape index (κ3) is 4.50. The van der Waals surface area contributed by atoms with Gasteiger partial charge in [0.1, 0.15) is 0 Å². The molecule has 1 aliphatic rings. The van der Waals surface area contributed by atoms with Gasteiger partial charge in [-0.25, -0.2) is 16.8 Å². The molecule has 28 heavy (non-hydrogen) atoms. The Hall–Kier alpha value is -2.06. The molecule has 2 aromatic rings. The van der Waals surface area contributed by atoms with E-state index in [4.69, 9.17) is 0 Å². The summed E-state index contributed by atoms with van der Waals surface area (Å²) in [6.45, 7) is 5.57. The lowest BCUT2D eigenvalue weighted by atomic mass is 9.98. The van der Waals surface area contributed by atoms with Gasteiger partial charge in [0.25, 0.3) is 10.0 Å². The maximum atomic E-state index is 12.8. The molecule has 152 valence electrons. The average molecular weight is 423 g/mol. The molecule has 2 aromatic carbocycles. The predicted octanol–water partition coefficient (Wildman–Crippen LogP) is 3.52. The summed E-state index contributed by atoms with van der Waals surface area (Å²) in [5, 5.41) is 0. The Kier molecular flexibility index (Phi) is 6.00. The Morgan fingerprint density at radius 3 is 2.11 bits per heavy atom. The van der Waals surface area contributed by atoms with Crippen LogP contribution < -0.4 is 9.62 Å². The number of anilines is 2. The number of rotatable bonds is 6. The summed E-state index contributed by atoms with van der Waals surface area (Å²) in [6, 6.07) is 12.7. The van der Waals surface area contributed by atoms with E-state index in [2.05, 4.69) is 16.5 Å². The van der Waals surface area contributed by atoms with Crippen LogP contribution in [-0.4, -0.2) is 35.7 Å². The summed E-state index contributed by atoms with van der Waals surface area (Å²) in [5.41, 5.74) is 1.39. The quantitative estimate of drug-likeness (QED) is 0.770. The SMILES string of the molecule is CCS(=O)(=O)c1ccc(S(=O)(=O)Nc2ccccc2N2CCC(C)CC2)cc1. The topological polar surface area (TPSA) is 83.5 Å². The zero-order valence-electron chi connectivity index (χ0n) is 16.1. The Morgan fingerprint density at radius 1 is 0.929 bits per heavy atom. The van der Waals surface area contributed by atoms with Crippen LogP contribution in [0.5, 0.6) is 0 Å². The van der Waals surface area contributed by atoms with E-state index in [-0.39, 0.29) is 15.5 Å². The minimum Gasteiger partial charge on any atom is -0.370 e. The van der Waals surface area contributed by atoms with Crippen molar-refractivity contribution in [1.29, 1.82) is 0 Å². The molecule has 0 bridgehead atoms. The van der Waals surface area contributed by atoms with Crippen LogP contribution in [-0.2, 0) is 19.9 Å². The maximum absolute atomic E-state index is 12.8. The summed E-state index contributed by atoms with van der Waals surface area (Å²) < 4.78 is 52.2. The number of benzene rings is 2. The number of nitrogens with zero attached hydrogens (tertiary/aromatic N) is 1. The van der Waals surface area contributed by atoms with E-state index < -0.39 is 19.9 Å². The van der Waals surface area contributed by atoms with Gasteiger partial charge in [-0.05, 0) is 55.2 Å². The van der Waals surface area contributed by atoms with Crippen LogP contribution in [0.4, 0.5) is 11.4 Å². The van der Waals surface area contributed by atoms with Gasteiger partial charge in [-0.2, -0.15) is 0 Å². The molecule has 0 spiro atoms. The first-order chi connectivity index (χ1) is 13.2. The van der Waals surface area contributed by atoms with Crippen LogP contribution in [0.2, 0.25) is 0 Å². The molecule has 0 amide bonds. The van der Waals surface area contributed by atoms with Gasteiger partial charge < -0.3 is 4.90 Å². The molecule has 0 radical (unpaired) electrons. The minimum absolute atomic E-state index is 0.0286. The molecule has 1 saturated heterocycles. The predicted molar refractivity (Wildman–Crippen MR) is 112 cm³/mol. The third-order valence-electron chi connectivity index (χ3n) is 5.15. The molecule has 1 aliphatic heterocycles. The van der Waals surface area contributed by atoms with E-state index in [9.17, 15) is 16.8 Å². The van der Waals surface area contributed by atoms with Crippen molar-refractivity contribution in [2.24, 2.45) is 5.92 Å². The molecule has 1 heterocycles. The molecule has 0 unspecified atom stereocenters. The van der Waals surface area contributed by atoms with Gasteiger partial charge in [0, 0.05) is 13.1 Å². The maximum Gasteiger partial charge on any atom is 0.261 e. The van der Waals surface area contributed by atoms with Crippen LogP contribution in [0.3, 0.4) is 0 Å². The monoisotopic (exact) mass is 422 g/mol. The second-order valence-electron chi connectivity index (χ2n) is 7.17. The molecule has 8 heteroatoms. The minimum atomic E-state index is -3.83. The zero-order valence-corrected chi connectivity index (χ0v) is 17.8. The highest BCUT2D eigenvalue weighted by Crippen LogP contribution is 2.31. The van der Waals surface area contributed by atoms with Gasteiger partial charge >= 0.3 is 0 Å². The molecule has 0 aromatic heterocycles. The van der Waals surface area contributed by atoms with Crippen LogP contribution >= 0.6 is 0 Å². The van der Waals surface area contributed by atoms with Crippen LogP contribution in [0, 0.1) is 5.92 Å². The van der Waals surface area contributed by atoms with E-state index in [1.807, 2.05) is 12.1 Å².